The fourth-order valence-corrected chi connectivity index (χ4v) is 2.00. The molecule has 2 rings (SSSR count). The number of hydrogen-bond acceptors (Lipinski definition) is 4. The molecule has 2 aromatic rings. The minimum atomic E-state index is -0.344. The number of hydrogen-bond donors (Lipinski definition) is 1. The molecule has 20 heavy (non-hydrogen) atoms. The van der Waals surface area contributed by atoms with Gasteiger partial charge in [-0.05, 0) is 47.5 Å². The highest BCUT2D eigenvalue weighted by Crippen LogP contribution is 2.28. The van der Waals surface area contributed by atoms with Crippen molar-refractivity contribution in [1.82, 2.24) is 9.97 Å². The first-order valence-electron chi connectivity index (χ1n) is 6.27. The molecule has 0 aliphatic heterocycles. The summed E-state index contributed by atoms with van der Waals surface area (Å²) in [6.45, 7) is 3.83. The number of aromatic nitrogens is 2. The number of halogens is 2. The van der Waals surface area contributed by atoms with Crippen LogP contribution in [0.5, 0.6) is 11.6 Å². The second-order valence-electron chi connectivity index (χ2n) is 4.38. The monoisotopic (exact) mass is 339 g/mol. The zero-order valence-corrected chi connectivity index (χ0v) is 12.9. The van der Waals surface area contributed by atoms with E-state index in [1.54, 1.807) is 13.0 Å². The lowest BCUT2D eigenvalue weighted by Gasteiger charge is -2.11. The van der Waals surface area contributed by atoms with Crippen molar-refractivity contribution >= 4 is 21.7 Å². The number of ether oxygens (including phenoxy) is 1. The van der Waals surface area contributed by atoms with Gasteiger partial charge in [0.15, 0.2) is 0 Å². The second kappa shape index (κ2) is 6.17. The lowest BCUT2D eigenvalue weighted by atomic mass is 10.3. The van der Waals surface area contributed by atoms with Gasteiger partial charge in [0.05, 0.1) is 10.0 Å². The summed E-state index contributed by atoms with van der Waals surface area (Å²) in [6.07, 6.45) is 1.65. The van der Waals surface area contributed by atoms with Crippen molar-refractivity contribution < 1.29 is 9.13 Å². The molecule has 0 saturated carbocycles. The molecule has 0 unspecified atom stereocenters. The molecule has 0 aliphatic carbocycles. The van der Waals surface area contributed by atoms with E-state index in [1.165, 1.54) is 12.1 Å². The third-order valence-corrected chi connectivity index (χ3v) is 3.37. The van der Waals surface area contributed by atoms with Crippen LogP contribution < -0.4 is 10.5 Å². The summed E-state index contributed by atoms with van der Waals surface area (Å²) >= 11 is 3.12. The molecule has 2 N–H and O–H groups in total. The maximum Gasteiger partial charge on any atom is 0.227 e. The molecular formula is C14H15BrFN3O. The fourth-order valence-electron chi connectivity index (χ4n) is 1.65. The Balaban J connectivity index is 2.34. The second-order valence-corrected chi connectivity index (χ2v) is 5.24. The summed E-state index contributed by atoms with van der Waals surface area (Å²) in [5.74, 6) is 1.59. The molecule has 4 nitrogen and oxygen atoms in total. The van der Waals surface area contributed by atoms with E-state index in [9.17, 15) is 4.39 Å². The largest absolute Gasteiger partial charge is 0.439 e. The van der Waals surface area contributed by atoms with Crippen LogP contribution in [0.15, 0.2) is 22.7 Å². The molecule has 0 spiro atoms. The van der Waals surface area contributed by atoms with Gasteiger partial charge in [0.2, 0.25) is 5.88 Å². The Morgan fingerprint density at radius 2 is 2.10 bits per heavy atom. The van der Waals surface area contributed by atoms with Gasteiger partial charge in [0.1, 0.15) is 23.2 Å². The van der Waals surface area contributed by atoms with Gasteiger partial charge in [-0.15, -0.1) is 0 Å². The zero-order valence-electron chi connectivity index (χ0n) is 11.3. The maximum absolute atomic E-state index is 13.2. The zero-order chi connectivity index (χ0) is 14.7. The average Bonchev–Trinajstić information content (AvgIpc) is 2.40. The number of nitrogens with zero attached hydrogens (tertiary/aromatic N) is 2. The van der Waals surface area contributed by atoms with E-state index >= 15 is 0 Å². The van der Waals surface area contributed by atoms with Gasteiger partial charge in [-0.2, -0.15) is 4.98 Å². The van der Waals surface area contributed by atoms with Crippen LogP contribution in [-0.2, 0) is 6.42 Å². The van der Waals surface area contributed by atoms with Gasteiger partial charge in [-0.25, -0.2) is 9.37 Å². The van der Waals surface area contributed by atoms with Crippen molar-refractivity contribution in [2.45, 2.75) is 26.7 Å². The van der Waals surface area contributed by atoms with Crippen LogP contribution in [0, 0.1) is 12.7 Å². The van der Waals surface area contributed by atoms with Crippen LogP contribution in [0.25, 0.3) is 0 Å². The number of nitrogens with two attached hydrogens (primary N) is 1. The van der Waals surface area contributed by atoms with Crippen molar-refractivity contribution in [2.75, 3.05) is 5.73 Å². The molecule has 0 amide bonds. The molecule has 6 heteroatoms. The van der Waals surface area contributed by atoms with E-state index in [0.717, 1.165) is 12.8 Å². The summed E-state index contributed by atoms with van der Waals surface area (Å²) in [7, 11) is 0. The van der Waals surface area contributed by atoms with Crippen molar-refractivity contribution in [2.24, 2.45) is 0 Å². The van der Waals surface area contributed by atoms with Gasteiger partial charge < -0.3 is 10.5 Å². The Bertz CT molecular complexity index is 634. The normalized spacial score (nSPS) is 10.6. The summed E-state index contributed by atoms with van der Waals surface area (Å²) in [6, 6.07) is 4.41. The Kier molecular flexibility index (Phi) is 4.54. The van der Waals surface area contributed by atoms with Crippen molar-refractivity contribution in [3.63, 3.8) is 0 Å². The quantitative estimate of drug-likeness (QED) is 0.913. The fraction of sp³-hybridized carbons (Fsp3) is 0.286. The van der Waals surface area contributed by atoms with E-state index in [0.29, 0.717) is 33.3 Å². The molecule has 0 fully saturated rings. The number of benzene rings is 1. The van der Waals surface area contributed by atoms with Crippen LogP contribution >= 0.6 is 15.9 Å². The molecular weight excluding hydrogens is 325 g/mol. The highest BCUT2D eigenvalue weighted by molar-refractivity contribution is 9.10. The third kappa shape index (κ3) is 3.25. The number of rotatable bonds is 4. The van der Waals surface area contributed by atoms with Crippen LogP contribution in [-0.4, -0.2) is 9.97 Å². The molecule has 0 radical (unpaired) electrons. The van der Waals surface area contributed by atoms with Gasteiger partial charge in [0, 0.05) is 6.42 Å². The molecule has 0 aliphatic rings. The van der Waals surface area contributed by atoms with Crippen molar-refractivity contribution in [3.8, 4) is 11.6 Å². The Morgan fingerprint density at radius 1 is 1.35 bits per heavy atom. The minimum absolute atomic E-state index is 0.337. The van der Waals surface area contributed by atoms with Crippen LogP contribution in [0.4, 0.5) is 10.2 Å². The van der Waals surface area contributed by atoms with Gasteiger partial charge in [0.25, 0.3) is 0 Å². The predicted octanol–water partition coefficient (Wildman–Crippen LogP) is 4.01. The molecule has 1 heterocycles. The molecule has 106 valence electrons. The van der Waals surface area contributed by atoms with Gasteiger partial charge >= 0.3 is 0 Å². The molecule has 0 saturated heterocycles. The average molecular weight is 340 g/mol. The topological polar surface area (TPSA) is 61.0 Å². The van der Waals surface area contributed by atoms with E-state index in [2.05, 4.69) is 25.9 Å². The summed E-state index contributed by atoms with van der Waals surface area (Å²) in [5, 5.41) is 0. The lowest BCUT2D eigenvalue weighted by Crippen LogP contribution is -2.05. The predicted molar refractivity (Wildman–Crippen MR) is 79.4 cm³/mol. The van der Waals surface area contributed by atoms with E-state index in [1.807, 2.05) is 6.92 Å². The van der Waals surface area contributed by atoms with Crippen LogP contribution in [0.2, 0.25) is 0 Å². The number of anilines is 1. The minimum Gasteiger partial charge on any atom is -0.439 e. The van der Waals surface area contributed by atoms with E-state index in [-0.39, 0.29) is 5.82 Å². The standard InChI is InChI=1S/C14H15BrFN3O/c1-3-4-12-18-13(17)8(2)14(19-12)20-9-5-6-11(16)10(15)7-9/h5-7H,3-4H2,1-2H3,(H2,17,18,19). The molecule has 1 aromatic heterocycles. The van der Waals surface area contributed by atoms with E-state index < -0.39 is 0 Å². The van der Waals surface area contributed by atoms with Crippen LogP contribution in [0.3, 0.4) is 0 Å². The van der Waals surface area contributed by atoms with E-state index in [4.69, 9.17) is 10.5 Å². The Labute approximate surface area is 125 Å². The number of nitrogen functional groups attached to an aromatic ring is 1. The molecule has 1 aromatic carbocycles. The third-order valence-electron chi connectivity index (χ3n) is 2.76. The van der Waals surface area contributed by atoms with Gasteiger partial charge in [-0.1, -0.05) is 6.92 Å². The first-order valence-corrected chi connectivity index (χ1v) is 7.06. The first-order chi connectivity index (χ1) is 9.51. The first kappa shape index (κ1) is 14.7. The maximum atomic E-state index is 13.2. The lowest BCUT2D eigenvalue weighted by molar-refractivity contribution is 0.452. The SMILES string of the molecule is CCCc1nc(N)c(C)c(Oc2ccc(F)c(Br)c2)n1. The smallest absolute Gasteiger partial charge is 0.227 e. The Morgan fingerprint density at radius 3 is 2.75 bits per heavy atom. The Hall–Kier alpha value is -1.69. The summed E-state index contributed by atoms with van der Waals surface area (Å²) in [4.78, 5) is 8.56. The summed E-state index contributed by atoms with van der Waals surface area (Å²) < 4.78 is 19.2. The summed E-state index contributed by atoms with van der Waals surface area (Å²) in [5.41, 5.74) is 6.53. The highest BCUT2D eigenvalue weighted by atomic mass is 79.9. The van der Waals surface area contributed by atoms with Gasteiger partial charge in [-0.3, -0.25) is 0 Å². The molecule has 0 atom stereocenters. The number of aryl methyl sites for hydroxylation is 1. The van der Waals surface area contributed by atoms with Crippen molar-refractivity contribution in [1.29, 1.82) is 0 Å². The van der Waals surface area contributed by atoms with Crippen LogP contribution in [0.1, 0.15) is 24.7 Å². The highest BCUT2D eigenvalue weighted by Gasteiger charge is 2.11. The molecule has 0 bridgehead atoms. The van der Waals surface area contributed by atoms with Crippen molar-refractivity contribution in [3.05, 3.63) is 39.9 Å².